The van der Waals surface area contributed by atoms with Gasteiger partial charge in [-0.25, -0.2) is 0 Å². The summed E-state index contributed by atoms with van der Waals surface area (Å²) in [6.07, 6.45) is 3.52. The molecule has 0 fully saturated rings. The molecule has 0 aliphatic heterocycles. The number of nitriles is 1. The molecule has 0 atom stereocenters. The van der Waals surface area contributed by atoms with Gasteiger partial charge in [0.1, 0.15) is 10.9 Å². The maximum Gasteiger partial charge on any atom is 0.128 e. The van der Waals surface area contributed by atoms with Gasteiger partial charge >= 0.3 is 0 Å². The van der Waals surface area contributed by atoms with Gasteiger partial charge in [-0.15, -0.1) is 11.3 Å². The molecule has 0 aliphatic rings. The lowest BCUT2D eigenvalue weighted by atomic mass is 9.89. The first-order valence-electron chi connectivity index (χ1n) is 5.68. The molecule has 2 N–H and O–H groups in total. The zero-order valence-corrected chi connectivity index (χ0v) is 11.5. The average molecular weight is 257 g/mol. The zero-order chi connectivity index (χ0) is 13.3. The lowest BCUT2D eigenvalue weighted by molar-refractivity contribution is 0.605. The number of pyridine rings is 1. The summed E-state index contributed by atoms with van der Waals surface area (Å²) in [5.74, 6) is 0. The number of rotatable bonds is 1. The van der Waals surface area contributed by atoms with E-state index >= 15 is 0 Å². The SMILES string of the molecule is CC(C)(C)c1sc(C#N)c(N)c1-c1cccnc1. The number of hydrogen-bond donors (Lipinski definition) is 1. The van der Waals surface area contributed by atoms with Gasteiger partial charge in [-0.1, -0.05) is 26.8 Å². The van der Waals surface area contributed by atoms with E-state index in [0.717, 1.165) is 16.0 Å². The van der Waals surface area contributed by atoms with Crippen LogP contribution in [0.5, 0.6) is 0 Å². The van der Waals surface area contributed by atoms with Gasteiger partial charge in [-0.2, -0.15) is 5.26 Å². The first-order chi connectivity index (χ1) is 8.45. The van der Waals surface area contributed by atoms with Crippen LogP contribution in [0.1, 0.15) is 30.5 Å². The van der Waals surface area contributed by atoms with Crippen LogP contribution in [0.3, 0.4) is 0 Å². The first kappa shape index (κ1) is 12.6. The molecule has 0 unspecified atom stereocenters. The molecule has 2 aromatic rings. The van der Waals surface area contributed by atoms with Crippen LogP contribution in [0, 0.1) is 11.3 Å². The van der Waals surface area contributed by atoms with Crippen LogP contribution in [0.2, 0.25) is 0 Å². The normalized spacial score (nSPS) is 11.2. The Bertz CT molecular complexity index is 600. The highest BCUT2D eigenvalue weighted by molar-refractivity contribution is 7.14. The second-order valence-corrected chi connectivity index (χ2v) is 6.17. The Morgan fingerprint density at radius 3 is 2.61 bits per heavy atom. The van der Waals surface area contributed by atoms with E-state index in [1.54, 1.807) is 12.4 Å². The van der Waals surface area contributed by atoms with Crippen molar-refractivity contribution < 1.29 is 0 Å². The van der Waals surface area contributed by atoms with Crippen molar-refractivity contribution in [1.29, 1.82) is 5.26 Å². The van der Waals surface area contributed by atoms with Crippen LogP contribution in [0.25, 0.3) is 11.1 Å². The minimum Gasteiger partial charge on any atom is -0.396 e. The molecule has 0 saturated heterocycles. The van der Waals surface area contributed by atoms with Crippen LogP contribution < -0.4 is 5.73 Å². The van der Waals surface area contributed by atoms with Gasteiger partial charge in [-0.3, -0.25) is 4.98 Å². The Balaban J connectivity index is 2.74. The number of nitrogen functional groups attached to an aromatic ring is 1. The predicted octanol–water partition coefficient (Wildman–Crippen LogP) is 3.56. The Morgan fingerprint density at radius 2 is 2.11 bits per heavy atom. The molecule has 92 valence electrons. The highest BCUT2D eigenvalue weighted by Crippen LogP contribution is 2.44. The summed E-state index contributed by atoms with van der Waals surface area (Å²) in [6, 6.07) is 6.02. The van der Waals surface area contributed by atoms with E-state index in [0.29, 0.717) is 10.6 Å². The molecule has 3 nitrogen and oxygen atoms in total. The van der Waals surface area contributed by atoms with E-state index in [1.807, 2.05) is 12.1 Å². The van der Waals surface area contributed by atoms with Gasteiger partial charge in [0.2, 0.25) is 0 Å². The van der Waals surface area contributed by atoms with Crippen molar-refractivity contribution in [2.24, 2.45) is 0 Å². The van der Waals surface area contributed by atoms with Crippen LogP contribution in [0.4, 0.5) is 5.69 Å². The van der Waals surface area contributed by atoms with Gasteiger partial charge in [-0.05, 0) is 11.5 Å². The molecular formula is C14H15N3S. The standard InChI is InChI=1S/C14H15N3S/c1-14(2,3)13-11(9-5-4-6-17-8-9)12(16)10(7-15)18-13/h4-6,8H,16H2,1-3H3. The van der Waals surface area contributed by atoms with E-state index in [4.69, 9.17) is 11.0 Å². The van der Waals surface area contributed by atoms with Crippen LogP contribution in [-0.2, 0) is 5.41 Å². The maximum absolute atomic E-state index is 9.13. The Kier molecular flexibility index (Phi) is 3.10. The van der Waals surface area contributed by atoms with E-state index < -0.39 is 0 Å². The van der Waals surface area contributed by atoms with Crippen molar-refractivity contribution >= 4 is 17.0 Å². The number of hydrogen-bond acceptors (Lipinski definition) is 4. The summed E-state index contributed by atoms with van der Waals surface area (Å²) in [7, 11) is 0. The second kappa shape index (κ2) is 4.43. The summed E-state index contributed by atoms with van der Waals surface area (Å²) >= 11 is 1.47. The van der Waals surface area contributed by atoms with Gasteiger partial charge in [0.25, 0.3) is 0 Å². The molecule has 2 rings (SSSR count). The van der Waals surface area contributed by atoms with E-state index in [2.05, 4.69) is 31.8 Å². The molecule has 0 amide bonds. The van der Waals surface area contributed by atoms with E-state index in [-0.39, 0.29) is 5.41 Å². The third-order valence-electron chi connectivity index (χ3n) is 2.68. The monoisotopic (exact) mass is 257 g/mol. The van der Waals surface area contributed by atoms with Gasteiger partial charge < -0.3 is 5.73 Å². The molecule has 0 saturated carbocycles. The predicted molar refractivity (Wildman–Crippen MR) is 75.4 cm³/mol. The highest BCUT2D eigenvalue weighted by Gasteiger charge is 2.26. The average Bonchev–Trinajstić information content (AvgIpc) is 2.67. The fourth-order valence-corrected chi connectivity index (χ4v) is 2.95. The smallest absolute Gasteiger partial charge is 0.128 e. The summed E-state index contributed by atoms with van der Waals surface area (Å²) < 4.78 is 0. The van der Waals surface area contributed by atoms with Gasteiger partial charge in [0, 0.05) is 28.4 Å². The Labute approximate surface area is 111 Å². The molecule has 2 aromatic heterocycles. The number of nitrogens with two attached hydrogens (primary N) is 1. The Hall–Kier alpha value is -1.86. The first-order valence-corrected chi connectivity index (χ1v) is 6.50. The van der Waals surface area contributed by atoms with Crippen molar-refractivity contribution in [1.82, 2.24) is 4.98 Å². The van der Waals surface area contributed by atoms with Crippen molar-refractivity contribution in [3.63, 3.8) is 0 Å². The molecule has 0 bridgehead atoms. The molecule has 0 aliphatic carbocycles. The van der Waals surface area contributed by atoms with Gasteiger partial charge in [0.05, 0.1) is 5.69 Å². The minimum atomic E-state index is -0.0426. The molecular weight excluding hydrogens is 242 g/mol. The van der Waals surface area contributed by atoms with Crippen LogP contribution in [-0.4, -0.2) is 4.98 Å². The lowest BCUT2D eigenvalue weighted by Crippen LogP contribution is -2.10. The summed E-state index contributed by atoms with van der Waals surface area (Å²) in [4.78, 5) is 5.84. The molecule has 18 heavy (non-hydrogen) atoms. The summed E-state index contributed by atoms with van der Waals surface area (Å²) in [5.41, 5.74) is 8.56. The molecule has 2 heterocycles. The van der Waals surface area contributed by atoms with E-state index in [9.17, 15) is 0 Å². The lowest BCUT2D eigenvalue weighted by Gasteiger charge is -2.19. The topological polar surface area (TPSA) is 62.7 Å². The fraction of sp³-hybridized carbons (Fsp3) is 0.286. The third kappa shape index (κ3) is 2.09. The second-order valence-electron chi connectivity index (χ2n) is 5.15. The molecule has 4 heteroatoms. The largest absolute Gasteiger partial charge is 0.396 e. The van der Waals surface area contributed by atoms with Crippen molar-refractivity contribution in [2.75, 3.05) is 5.73 Å². The Morgan fingerprint density at radius 1 is 1.39 bits per heavy atom. The van der Waals surface area contributed by atoms with Crippen LogP contribution >= 0.6 is 11.3 Å². The highest BCUT2D eigenvalue weighted by atomic mass is 32.1. The van der Waals surface area contributed by atoms with E-state index in [1.165, 1.54) is 11.3 Å². The fourth-order valence-electron chi connectivity index (χ4n) is 1.85. The number of aromatic nitrogens is 1. The molecule has 0 radical (unpaired) electrons. The number of anilines is 1. The maximum atomic E-state index is 9.13. The van der Waals surface area contributed by atoms with Crippen molar-refractivity contribution in [2.45, 2.75) is 26.2 Å². The quantitative estimate of drug-likeness (QED) is 0.849. The third-order valence-corrected chi connectivity index (χ3v) is 4.21. The molecule has 0 spiro atoms. The minimum absolute atomic E-state index is 0.0426. The summed E-state index contributed by atoms with van der Waals surface area (Å²) in [5, 5.41) is 9.13. The van der Waals surface area contributed by atoms with Crippen molar-refractivity contribution in [3.8, 4) is 17.2 Å². The zero-order valence-electron chi connectivity index (χ0n) is 10.7. The van der Waals surface area contributed by atoms with Crippen molar-refractivity contribution in [3.05, 3.63) is 34.3 Å². The molecule has 0 aromatic carbocycles. The number of nitrogens with zero attached hydrogens (tertiary/aromatic N) is 2. The van der Waals surface area contributed by atoms with Gasteiger partial charge in [0.15, 0.2) is 0 Å². The van der Waals surface area contributed by atoms with Crippen LogP contribution in [0.15, 0.2) is 24.5 Å². The summed E-state index contributed by atoms with van der Waals surface area (Å²) in [6.45, 7) is 6.37. The number of thiophene rings is 1.